The van der Waals surface area contributed by atoms with Gasteiger partial charge in [0.05, 0.1) is 0 Å². The van der Waals surface area contributed by atoms with Gasteiger partial charge in [0.1, 0.15) is 5.60 Å². The van der Waals surface area contributed by atoms with Crippen molar-refractivity contribution in [3.8, 4) is 0 Å². The Morgan fingerprint density at radius 3 is 2.41 bits per heavy atom. The molecule has 0 radical (unpaired) electrons. The first-order valence-corrected chi connectivity index (χ1v) is 5.54. The Balaban J connectivity index is 2.52. The fourth-order valence-electron chi connectivity index (χ4n) is 1.41. The number of hydrogen-bond acceptors (Lipinski definition) is 4. The third-order valence-corrected chi connectivity index (χ3v) is 2.17. The Hall–Kier alpha value is -1.27. The van der Waals surface area contributed by atoms with Crippen molar-refractivity contribution in [3.63, 3.8) is 0 Å². The summed E-state index contributed by atoms with van der Waals surface area (Å²) in [4.78, 5) is 11.4. The summed E-state index contributed by atoms with van der Waals surface area (Å²) in [6, 6.07) is 0. The molecule has 94 valence electrons. The molecule has 1 rings (SSSR count). The molecule has 0 spiro atoms. The minimum atomic E-state index is -1.42. The molecular weight excluding hydrogens is 221 g/mol. The average molecular weight is 239 g/mol. The van der Waals surface area contributed by atoms with Crippen molar-refractivity contribution in [2.45, 2.75) is 39.2 Å². The van der Waals surface area contributed by atoms with Crippen molar-refractivity contribution < 1.29 is 19.6 Å². The molecule has 0 bridgehead atoms. The zero-order valence-electron chi connectivity index (χ0n) is 10.4. The van der Waals surface area contributed by atoms with Crippen LogP contribution in [0.2, 0.25) is 0 Å². The van der Waals surface area contributed by atoms with Gasteiger partial charge in [0.2, 0.25) is 0 Å². The standard InChI is InChI=1S/C11H18BNO4/c1-11(2,3)17-10(14)13-9-6-4-8(5-7-9)12(15)16/h4,6,15-16H,5,7H2,1-3H3,(H,13,14). The van der Waals surface area contributed by atoms with E-state index in [2.05, 4.69) is 5.32 Å². The van der Waals surface area contributed by atoms with Gasteiger partial charge in [-0.2, -0.15) is 0 Å². The van der Waals surface area contributed by atoms with Gasteiger partial charge in [-0.15, -0.1) is 0 Å². The van der Waals surface area contributed by atoms with Crippen LogP contribution in [-0.4, -0.2) is 28.9 Å². The summed E-state index contributed by atoms with van der Waals surface area (Å²) in [6.07, 6.45) is 3.83. The molecule has 1 aliphatic rings. The Morgan fingerprint density at radius 2 is 2.00 bits per heavy atom. The van der Waals surface area contributed by atoms with Gasteiger partial charge in [0.25, 0.3) is 0 Å². The second-order valence-electron chi connectivity index (χ2n) is 4.93. The molecule has 0 saturated heterocycles. The third-order valence-electron chi connectivity index (χ3n) is 2.17. The third kappa shape index (κ3) is 5.06. The Labute approximate surface area is 101 Å². The van der Waals surface area contributed by atoms with Crippen LogP contribution in [0, 0.1) is 0 Å². The summed E-state index contributed by atoms with van der Waals surface area (Å²) >= 11 is 0. The zero-order chi connectivity index (χ0) is 13.1. The van der Waals surface area contributed by atoms with Gasteiger partial charge in [0, 0.05) is 5.70 Å². The van der Waals surface area contributed by atoms with Crippen molar-refractivity contribution in [1.29, 1.82) is 0 Å². The monoisotopic (exact) mass is 239 g/mol. The van der Waals surface area contributed by atoms with Crippen LogP contribution in [0.15, 0.2) is 23.3 Å². The lowest BCUT2D eigenvalue weighted by Gasteiger charge is -2.21. The van der Waals surface area contributed by atoms with Gasteiger partial charge < -0.3 is 14.8 Å². The molecule has 3 N–H and O–H groups in total. The Kier molecular flexibility index (Phi) is 4.37. The van der Waals surface area contributed by atoms with Crippen molar-refractivity contribution in [1.82, 2.24) is 5.32 Å². The maximum absolute atomic E-state index is 11.4. The fourth-order valence-corrected chi connectivity index (χ4v) is 1.41. The van der Waals surface area contributed by atoms with E-state index in [9.17, 15) is 4.79 Å². The number of carbonyl (C=O) groups excluding carboxylic acids is 1. The summed E-state index contributed by atoms with van der Waals surface area (Å²) in [5, 5.41) is 20.5. The van der Waals surface area contributed by atoms with Gasteiger partial charge in [-0.1, -0.05) is 6.08 Å². The first kappa shape index (κ1) is 13.8. The second kappa shape index (κ2) is 5.38. The lowest BCUT2D eigenvalue weighted by Crippen LogP contribution is -2.32. The summed E-state index contributed by atoms with van der Waals surface area (Å²) in [5.41, 5.74) is 0.727. The van der Waals surface area contributed by atoms with Gasteiger partial charge in [-0.3, -0.25) is 5.32 Å². The minimum Gasteiger partial charge on any atom is -0.444 e. The van der Waals surface area contributed by atoms with Crippen LogP contribution in [0.25, 0.3) is 0 Å². The van der Waals surface area contributed by atoms with E-state index >= 15 is 0 Å². The number of nitrogens with one attached hydrogen (secondary N) is 1. The molecule has 6 heteroatoms. The first-order valence-electron chi connectivity index (χ1n) is 5.54. The summed E-state index contributed by atoms with van der Waals surface area (Å²) in [7, 11) is -1.42. The highest BCUT2D eigenvalue weighted by molar-refractivity contribution is 6.50. The van der Waals surface area contributed by atoms with Gasteiger partial charge in [0.15, 0.2) is 0 Å². The Bertz CT molecular complexity index is 355. The van der Waals surface area contributed by atoms with Crippen LogP contribution < -0.4 is 5.32 Å². The van der Waals surface area contributed by atoms with Gasteiger partial charge in [-0.05, 0) is 45.2 Å². The van der Waals surface area contributed by atoms with E-state index in [0.717, 1.165) is 0 Å². The molecule has 5 nitrogen and oxygen atoms in total. The van der Waals surface area contributed by atoms with Crippen molar-refractivity contribution in [2.75, 3.05) is 0 Å². The lowest BCUT2D eigenvalue weighted by atomic mass is 9.74. The highest BCUT2D eigenvalue weighted by Gasteiger charge is 2.20. The molecule has 0 atom stereocenters. The van der Waals surface area contributed by atoms with Crippen molar-refractivity contribution in [2.24, 2.45) is 0 Å². The molecule has 1 amide bonds. The normalized spacial score (nSPS) is 15.8. The predicted molar refractivity (Wildman–Crippen MR) is 65.0 cm³/mol. The van der Waals surface area contributed by atoms with E-state index in [-0.39, 0.29) is 0 Å². The molecule has 0 heterocycles. The Morgan fingerprint density at radius 1 is 1.35 bits per heavy atom. The quantitative estimate of drug-likeness (QED) is 0.631. The first-order chi connectivity index (χ1) is 7.78. The van der Waals surface area contributed by atoms with E-state index in [0.29, 0.717) is 24.0 Å². The number of alkyl carbamates (subject to hydrolysis) is 1. The highest BCUT2D eigenvalue weighted by atomic mass is 16.6. The van der Waals surface area contributed by atoms with Crippen LogP contribution >= 0.6 is 0 Å². The van der Waals surface area contributed by atoms with Gasteiger partial charge in [-0.25, -0.2) is 4.79 Å². The average Bonchev–Trinajstić information content (AvgIpc) is 2.15. The molecule has 0 saturated carbocycles. The predicted octanol–water partition coefficient (Wildman–Crippen LogP) is 1.13. The molecule has 0 aromatic carbocycles. The van der Waals surface area contributed by atoms with Crippen molar-refractivity contribution in [3.05, 3.63) is 23.3 Å². The molecular formula is C11H18BNO4. The number of hydrogen-bond donors (Lipinski definition) is 3. The van der Waals surface area contributed by atoms with E-state index in [1.54, 1.807) is 32.9 Å². The SMILES string of the molecule is CC(C)(C)OC(=O)NC1=CC=C(B(O)O)CC1. The maximum atomic E-state index is 11.4. The largest absolute Gasteiger partial charge is 0.484 e. The number of allylic oxidation sites excluding steroid dienone is 4. The zero-order valence-corrected chi connectivity index (χ0v) is 10.4. The van der Waals surface area contributed by atoms with E-state index in [4.69, 9.17) is 14.8 Å². The highest BCUT2D eigenvalue weighted by Crippen LogP contribution is 2.17. The smallest absolute Gasteiger partial charge is 0.444 e. The van der Waals surface area contributed by atoms with E-state index in [1.165, 1.54) is 0 Å². The fraction of sp³-hybridized carbons (Fsp3) is 0.545. The number of ether oxygens (including phenoxy) is 1. The molecule has 0 unspecified atom stereocenters. The molecule has 0 aromatic rings. The molecule has 0 aromatic heterocycles. The lowest BCUT2D eigenvalue weighted by molar-refractivity contribution is 0.0544. The van der Waals surface area contributed by atoms with Crippen molar-refractivity contribution >= 4 is 13.2 Å². The number of amides is 1. The molecule has 0 fully saturated rings. The maximum Gasteiger partial charge on any atom is 0.484 e. The summed E-state index contributed by atoms with van der Waals surface area (Å²) < 4.78 is 5.10. The van der Waals surface area contributed by atoms with E-state index < -0.39 is 18.8 Å². The number of rotatable bonds is 2. The summed E-state index contributed by atoms with van der Waals surface area (Å²) in [6.45, 7) is 5.38. The second-order valence-corrected chi connectivity index (χ2v) is 4.93. The minimum absolute atomic E-state index is 0.495. The molecule has 0 aliphatic heterocycles. The van der Waals surface area contributed by atoms with Gasteiger partial charge >= 0.3 is 13.2 Å². The topological polar surface area (TPSA) is 78.8 Å². The summed E-state index contributed by atoms with van der Waals surface area (Å²) in [5.74, 6) is 0. The van der Waals surface area contributed by atoms with Crippen LogP contribution in [0.1, 0.15) is 33.6 Å². The molecule has 1 aliphatic carbocycles. The van der Waals surface area contributed by atoms with Crippen LogP contribution in [0.3, 0.4) is 0 Å². The number of carbonyl (C=O) groups is 1. The van der Waals surface area contributed by atoms with Crippen LogP contribution in [0.4, 0.5) is 4.79 Å². The van der Waals surface area contributed by atoms with E-state index in [1.807, 2.05) is 0 Å². The molecule has 17 heavy (non-hydrogen) atoms. The van der Waals surface area contributed by atoms with Crippen LogP contribution in [-0.2, 0) is 4.74 Å². The van der Waals surface area contributed by atoms with Crippen LogP contribution in [0.5, 0.6) is 0 Å².